The summed E-state index contributed by atoms with van der Waals surface area (Å²) in [7, 11) is 0. The van der Waals surface area contributed by atoms with Crippen LogP contribution in [0.2, 0.25) is 0 Å². The number of benzene rings is 2. The van der Waals surface area contributed by atoms with Gasteiger partial charge in [-0.2, -0.15) is 8.78 Å². The maximum absolute atomic E-state index is 14.4. The molecule has 0 saturated heterocycles. The SMILES string of the molecule is CCOc1ccc(/C=C/C2CCC(c3ccc(OCC)c(F)c3F)CC2)c(F)c1F. The topological polar surface area (TPSA) is 18.5 Å². The maximum atomic E-state index is 14.4. The molecule has 0 atom stereocenters. The van der Waals surface area contributed by atoms with E-state index in [1.807, 2.05) is 6.08 Å². The maximum Gasteiger partial charge on any atom is 0.201 e. The van der Waals surface area contributed by atoms with Gasteiger partial charge in [-0.25, -0.2) is 8.78 Å². The highest BCUT2D eigenvalue weighted by Crippen LogP contribution is 2.39. The van der Waals surface area contributed by atoms with Gasteiger partial charge in [-0.1, -0.05) is 18.2 Å². The third-order valence-corrected chi connectivity index (χ3v) is 5.51. The van der Waals surface area contributed by atoms with Crippen molar-refractivity contribution in [2.24, 2.45) is 5.92 Å². The zero-order valence-corrected chi connectivity index (χ0v) is 17.2. The fourth-order valence-corrected chi connectivity index (χ4v) is 3.93. The van der Waals surface area contributed by atoms with Crippen LogP contribution in [0.25, 0.3) is 6.08 Å². The van der Waals surface area contributed by atoms with E-state index in [1.165, 1.54) is 18.2 Å². The first kappa shape index (κ1) is 22.2. The summed E-state index contributed by atoms with van der Waals surface area (Å²) in [4.78, 5) is 0. The van der Waals surface area contributed by atoms with Crippen molar-refractivity contribution in [3.05, 3.63) is 64.7 Å². The zero-order valence-electron chi connectivity index (χ0n) is 17.2. The first-order valence-electron chi connectivity index (χ1n) is 10.4. The van der Waals surface area contributed by atoms with Gasteiger partial charge in [-0.15, -0.1) is 0 Å². The first-order chi connectivity index (χ1) is 14.5. The Bertz CT molecular complexity index is 903. The summed E-state index contributed by atoms with van der Waals surface area (Å²) in [5.74, 6) is -3.77. The Morgan fingerprint density at radius 3 is 1.93 bits per heavy atom. The summed E-state index contributed by atoms with van der Waals surface area (Å²) in [6.45, 7) is 3.95. The van der Waals surface area contributed by atoms with E-state index in [9.17, 15) is 17.6 Å². The molecule has 0 heterocycles. The fourth-order valence-electron chi connectivity index (χ4n) is 3.93. The molecule has 1 aliphatic carbocycles. The summed E-state index contributed by atoms with van der Waals surface area (Å²) >= 11 is 0. The van der Waals surface area contributed by atoms with Crippen molar-refractivity contribution in [3.8, 4) is 11.5 Å². The van der Waals surface area contributed by atoms with Gasteiger partial charge in [0.2, 0.25) is 11.6 Å². The average Bonchev–Trinajstić information content (AvgIpc) is 2.75. The molecule has 0 aromatic heterocycles. The molecule has 0 radical (unpaired) electrons. The standard InChI is InChI=1S/C24H26F4O2/c1-3-29-19-13-11-17(21(25)23(19)27)10-7-15-5-8-16(9-6-15)18-12-14-20(30-4-2)24(28)22(18)26/h7,10-16H,3-6,8-9H2,1-2H3/b10-7+. The summed E-state index contributed by atoms with van der Waals surface area (Å²) in [5, 5.41) is 0. The second-order valence-electron chi connectivity index (χ2n) is 7.40. The molecule has 2 aromatic carbocycles. The summed E-state index contributed by atoms with van der Waals surface area (Å²) in [6.07, 6.45) is 6.35. The van der Waals surface area contributed by atoms with E-state index in [0.717, 1.165) is 12.8 Å². The molecule has 1 aliphatic rings. The van der Waals surface area contributed by atoms with Crippen LogP contribution in [0.5, 0.6) is 11.5 Å². The second kappa shape index (κ2) is 10.0. The van der Waals surface area contributed by atoms with Crippen molar-refractivity contribution in [2.45, 2.75) is 45.4 Å². The van der Waals surface area contributed by atoms with E-state index in [-0.39, 0.29) is 42.1 Å². The lowest BCUT2D eigenvalue weighted by Gasteiger charge is -2.27. The van der Waals surface area contributed by atoms with Crippen LogP contribution < -0.4 is 9.47 Å². The zero-order chi connectivity index (χ0) is 21.7. The second-order valence-corrected chi connectivity index (χ2v) is 7.40. The Morgan fingerprint density at radius 2 is 1.33 bits per heavy atom. The van der Waals surface area contributed by atoms with E-state index >= 15 is 0 Å². The lowest BCUT2D eigenvalue weighted by atomic mass is 9.78. The Kier molecular flexibility index (Phi) is 7.40. The normalized spacial score (nSPS) is 19.3. The molecule has 0 bridgehead atoms. The van der Waals surface area contributed by atoms with Crippen LogP contribution in [-0.4, -0.2) is 13.2 Å². The predicted octanol–water partition coefficient (Wildman–Crippen LogP) is 7.03. The van der Waals surface area contributed by atoms with Gasteiger partial charge in [-0.05, 0) is 75.1 Å². The predicted molar refractivity (Wildman–Crippen MR) is 109 cm³/mol. The lowest BCUT2D eigenvalue weighted by Crippen LogP contribution is -2.14. The monoisotopic (exact) mass is 422 g/mol. The largest absolute Gasteiger partial charge is 0.491 e. The van der Waals surface area contributed by atoms with Gasteiger partial charge < -0.3 is 9.47 Å². The molecule has 162 valence electrons. The molecule has 3 rings (SSSR count). The molecule has 6 heteroatoms. The number of hydrogen-bond donors (Lipinski definition) is 0. The van der Waals surface area contributed by atoms with Crippen molar-refractivity contribution in [1.29, 1.82) is 0 Å². The molecule has 1 saturated carbocycles. The number of rotatable bonds is 7. The molecule has 1 fully saturated rings. The highest BCUT2D eigenvalue weighted by atomic mass is 19.2. The molecule has 0 amide bonds. The quantitative estimate of drug-likeness (QED) is 0.446. The third kappa shape index (κ3) is 4.79. The number of halogens is 4. The van der Waals surface area contributed by atoms with Gasteiger partial charge in [0.15, 0.2) is 23.1 Å². The highest BCUT2D eigenvalue weighted by Gasteiger charge is 2.26. The van der Waals surface area contributed by atoms with Gasteiger partial charge in [0, 0.05) is 5.56 Å². The Morgan fingerprint density at radius 1 is 0.767 bits per heavy atom. The van der Waals surface area contributed by atoms with Crippen molar-refractivity contribution in [3.63, 3.8) is 0 Å². The van der Waals surface area contributed by atoms with Gasteiger partial charge in [0.25, 0.3) is 0 Å². The molecule has 2 aromatic rings. The summed E-state index contributed by atoms with van der Waals surface area (Å²) in [6, 6.07) is 5.99. The molecule has 0 spiro atoms. The fraction of sp³-hybridized carbons (Fsp3) is 0.417. The van der Waals surface area contributed by atoms with Crippen LogP contribution in [0.4, 0.5) is 17.6 Å². The number of ether oxygens (including phenoxy) is 2. The van der Waals surface area contributed by atoms with Crippen molar-refractivity contribution in [2.75, 3.05) is 13.2 Å². The molecule has 0 aliphatic heterocycles. The van der Waals surface area contributed by atoms with Gasteiger partial charge in [0.1, 0.15) is 0 Å². The molecule has 30 heavy (non-hydrogen) atoms. The Labute approximate surface area is 174 Å². The van der Waals surface area contributed by atoms with Gasteiger partial charge in [-0.3, -0.25) is 0 Å². The van der Waals surface area contributed by atoms with Crippen molar-refractivity contribution >= 4 is 6.08 Å². The molecule has 0 N–H and O–H groups in total. The Balaban J connectivity index is 1.64. The highest BCUT2D eigenvalue weighted by molar-refractivity contribution is 5.52. The van der Waals surface area contributed by atoms with Gasteiger partial charge in [0.05, 0.1) is 13.2 Å². The van der Waals surface area contributed by atoms with E-state index in [0.29, 0.717) is 18.4 Å². The van der Waals surface area contributed by atoms with Crippen molar-refractivity contribution in [1.82, 2.24) is 0 Å². The average molecular weight is 422 g/mol. The lowest BCUT2D eigenvalue weighted by molar-refractivity contribution is 0.310. The van der Waals surface area contributed by atoms with Crippen LogP contribution in [0.1, 0.15) is 56.6 Å². The minimum atomic E-state index is -0.990. The van der Waals surface area contributed by atoms with Gasteiger partial charge >= 0.3 is 0 Å². The first-order valence-corrected chi connectivity index (χ1v) is 10.4. The van der Waals surface area contributed by atoms with Crippen LogP contribution in [-0.2, 0) is 0 Å². The van der Waals surface area contributed by atoms with Crippen LogP contribution in [0, 0.1) is 29.2 Å². The van der Waals surface area contributed by atoms with Crippen LogP contribution in [0.3, 0.4) is 0 Å². The number of hydrogen-bond acceptors (Lipinski definition) is 2. The van der Waals surface area contributed by atoms with Crippen LogP contribution >= 0.6 is 0 Å². The molecular formula is C24H26F4O2. The third-order valence-electron chi connectivity index (χ3n) is 5.51. The van der Waals surface area contributed by atoms with E-state index in [4.69, 9.17) is 9.47 Å². The summed E-state index contributed by atoms with van der Waals surface area (Å²) < 4.78 is 66.9. The minimum Gasteiger partial charge on any atom is -0.491 e. The molecular weight excluding hydrogens is 396 g/mol. The van der Waals surface area contributed by atoms with E-state index in [2.05, 4.69) is 0 Å². The van der Waals surface area contributed by atoms with Crippen molar-refractivity contribution < 1.29 is 27.0 Å². The molecule has 2 nitrogen and oxygen atoms in total. The Hall–Kier alpha value is -2.50. The molecule has 0 unspecified atom stereocenters. The summed E-state index contributed by atoms with van der Waals surface area (Å²) in [5.41, 5.74) is 0.538. The smallest absolute Gasteiger partial charge is 0.201 e. The number of allylic oxidation sites excluding steroid dienone is 1. The van der Waals surface area contributed by atoms with Crippen LogP contribution in [0.15, 0.2) is 30.3 Å². The minimum absolute atomic E-state index is 0.0695. The van der Waals surface area contributed by atoms with E-state index in [1.54, 1.807) is 26.0 Å². The van der Waals surface area contributed by atoms with E-state index < -0.39 is 23.3 Å².